The van der Waals surface area contributed by atoms with Crippen LogP contribution in [0.3, 0.4) is 0 Å². The van der Waals surface area contributed by atoms with Crippen LogP contribution in [0.1, 0.15) is 21.5 Å². The van der Waals surface area contributed by atoms with E-state index < -0.39 is 6.04 Å². The second-order valence-corrected chi connectivity index (χ2v) is 7.03. The highest BCUT2D eigenvalue weighted by molar-refractivity contribution is 5.97. The molecule has 0 radical (unpaired) electrons. The molecule has 0 aliphatic heterocycles. The zero-order valence-corrected chi connectivity index (χ0v) is 17.0. The second-order valence-electron chi connectivity index (χ2n) is 7.03. The molecule has 0 saturated carbocycles. The fourth-order valence-electron chi connectivity index (χ4n) is 2.99. The molecule has 5 heteroatoms. The van der Waals surface area contributed by atoms with Gasteiger partial charge in [-0.2, -0.15) is 0 Å². The number of carbonyl (C=O) groups is 2. The Balaban J connectivity index is 1.57. The smallest absolute Gasteiger partial charge is 0.251 e. The van der Waals surface area contributed by atoms with Gasteiger partial charge in [0.1, 0.15) is 18.4 Å². The van der Waals surface area contributed by atoms with Crippen LogP contribution in [-0.2, 0) is 11.2 Å². The first-order chi connectivity index (χ1) is 14.6. The van der Waals surface area contributed by atoms with Gasteiger partial charge in [-0.15, -0.1) is 0 Å². The minimum atomic E-state index is -0.681. The van der Waals surface area contributed by atoms with E-state index in [0.29, 0.717) is 25.1 Å². The van der Waals surface area contributed by atoms with Crippen molar-refractivity contribution in [1.29, 1.82) is 0 Å². The van der Waals surface area contributed by atoms with Crippen LogP contribution >= 0.6 is 0 Å². The summed E-state index contributed by atoms with van der Waals surface area (Å²) in [6, 6.07) is 25.6. The van der Waals surface area contributed by atoms with Crippen molar-refractivity contribution >= 4 is 11.8 Å². The van der Waals surface area contributed by atoms with Crippen molar-refractivity contribution in [3.05, 3.63) is 102 Å². The summed E-state index contributed by atoms with van der Waals surface area (Å²) >= 11 is 0. The fourth-order valence-corrected chi connectivity index (χ4v) is 2.99. The van der Waals surface area contributed by atoms with Gasteiger partial charge in [0.2, 0.25) is 5.91 Å². The third-order valence-corrected chi connectivity index (χ3v) is 4.63. The molecule has 3 rings (SSSR count). The highest BCUT2D eigenvalue weighted by atomic mass is 16.5. The van der Waals surface area contributed by atoms with Gasteiger partial charge in [0.25, 0.3) is 5.91 Å². The summed E-state index contributed by atoms with van der Waals surface area (Å²) in [5.41, 5.74) is 2.65. The molecule has 3 aromatic carbocycles. The third-order valence-electron chi connectivity index (χ3n) is 4.63. The monoisotopic (exact) mass is 402 g/mol. The van der Waals surface area contributed by atoms with E-state index in [1.807, 2.05) is 67.6 Å². The van der Waals surface area contributed by atoms with Gasteiger partial charge in [-0.05, 0) is 36.8 Å². The van der Waals surface area contributed by atoms with Gasteiger partial charge in [0.05, 0.1) is 6.54 Å². The zero-order valence-electron chi connectivity index (χ0n) is 17.0. The molecule has 0 aromatic heterocycles. The highest BCUT2D eigenvalue weighted by Crippen LogP contribution is 2.11. The molecule has 0 spiro atoms. The summed E-state index contributed by atoms with van der Waals surface area (Å²) < 4.78 is 5.66. The van der Waals surface area contributed by atoms with Crippen molar-refractivity contribution in [2.45, 2.75) is 19.4 Å². The maximum absolute atomic E-state index is 12.8. The normalized spacial score (nSPS) is 11.4. The van der Waals surface area contributed by atoms with Crippen LogP contribution in [0.4, 0.5) is 0 Å². The van der Waals surface area contributed by atoms with Gasteiger partial charge < -0.3 is 15.4 Å². The molecular formula is C25H26N2O3. The molecular weight excluding hydrogens is 376 g/mol. The predicted octanol–water partition coefficient (Wildman–Crippen LogP) is 3.53. The standard InChI is InChI=1S/C25H26N2O3/c1-19-12-14-22(15-13-19)30-17-16-26-25(29)23(18-20-8-4-2-5-9-20)27-24(28)21-10-6-3-7-11-21/h2-15,23H,16-18H2,1H3,(H,26,29)(H,27,28)/t23-/m0/s1. The number of amides is 2. The number of ether oxygens (including phenoxy) is 1. The Labute approximate surface area is 177 Å². The summed E-state index contributed by atoms with van der Waals surface area (Å²) in [6.45, 7) is 2.71. The highest BCUT2D eigenvalue weighted by Gasteiger charge is 2.21. The van der Waals surface area contributed by atoms with Crippen LogP contribution in [0, 0.1) is 6.92 Å². The lowest BCUT2D eigenvalue weighted by Crippen LogP contribution is -2.48. The van der Waals surface area contributed by atoms with E-state index in [4.69, 9.17) is 4.74 Å². The molecule has 2 amide bonds. The summed E-state index contributed by atoms with van der Waals surface area (Å²) in [4.78, 5) is 25.4. The Morgan fingerprint density at radius 1 is 0.867 bits per heavy atom. The first-order valence-corrected chi connectivity index (χ1v) is 9.99. The van der Waals surface area contributed by atoms with Crippen molar-refractivity contribution in [3.8, 4) is 5.75 Å². The van der Waals surface area contributed by atoms with Crippen molar-refractivity contribution in [3.63, 3.8) is 0 Å². The van der Waals surface area contributed by atoms with Crippen LogP contribution in [0.15, 0.2) is 84.9 Å². The van der Waals surface area contributed by atoms with Crippen molar-refractivity contribution in [2.75, 3.05) is 13.2 Å². The lowest BCUT2D eigenvalue weighted by molar-refractivity contribution is -0.123. The number of aryl methyl sites for hydroxylation is 1. The molecule has 0 heterocycles. The molecule has 2 N–H and O–H groups in total. The molecule has 0 aliphatic carbocycles. The largest absolute Gasteiger partial charge is 0.492 e. The van der Waals surface area contributed by atoms with Gasteiger partial charge in [-0.25, -0.2) is 0 Å². The van der Waals surface area contributed by atoms with Crippen molar-refractivity contribution < 1.29 is 14.3 Å². The molecule has 3 aromatic rings. The van der Waals surface area contributed by atoms with E-state index in [1.165, 1.54) is 0 Å². The summed E-state index contributed by atoms with van der Waals surface area (Å²) in [7, 11) is 0. The quantitative estimate of drug-likeness (QED) is 0.538. The first kappa shape index (κ1) is 21.1. The van der Waals surface area contributed by atoms with E-state index in [2.05, 4.69) is 10.6 Å². The molecule has 154 valence electrons. The zero-order chi connectivity index (χ0) is 21.2. The fraction of sp³-hybridized carbons (Fsp3) is 0.200. The second kappa shape index (κ2) is 10.8. The minimum Gasteiger partial charge on any atom is -0.492 e. The number of carbonyl (C=O) groups excluding carboxylic acids is 2. The van der Waals surface area contributed by atoms with E-state index in [1.54, 1.807) is 24.3 Å². The van der Waals surface area contributed by atoms with Crippen LogP contribution in [0.5, 0.6) is 5.75 Å². The average Bonchev–Trinajstić information content (AvgIpc) is 2.78. The maximum Gasteiger partial charge on any atom is 0.251 e. The molecule has 0 bridgehead atoms. The number of rotatable bonds is 9. The minimum absolute atomic E-state index is 0.240. The lowest BCUT2D eigenvalue weighted by Gasteiger charge is -2.19. The molecule has 1 atom stereocenters. The van der Waals surface area contributed by atoms with E-state index in [9.17, 15) is 9.59 Å². The topological polar surface area (TPSA) is 67.4 Å². The molecule has 30 heavy (non-hydrogen) atoms. The first-order valence-electron chi connectivity index (χ1n) is 9.99. The predicted molar refractivity (Wildman–Crippen MR) is 118 cm³/mol. The molecule has 0 saturated heterocycles. The van der Waals surface area contributed by atoms with Crippen LogP contribution in [-0.4, -0.2) is 31.0 Å². The molecule has 5 nitrogen and oxygen atoms in total. The van der Waals surface area contributed by atoms with Gasteiger partial charge >= 0.3 is 0 Å². The third kappa shape index (κ3) is 6.48. The van der Waals surface area contributed by atoms with Crippen LogP contribution < -0.4 is 15.4 Å². The average molecular weight is 402 g/mol. The van der Waals surface area contributed by atoms with E-state index in [-0.39, 0.29) is 11.8 Å². The van der Waals surface area contributed by atoms with Gasteiger partial charge in [0.15, 0.2) is 0 Å². The Morgan fingerprint density at radius 3 is 2.17 bits per heavy atom. The number of hydrogen-bond acceptors (Lipinski definition) is 3. The van der Waals surface area contributed by atoms with E-state index in [0.717, 1.165) is 16.9 Å². The Hall–Kier alpha value is -3.60. The van der Waals surface area contributed by atoms with E-state index >= 15 is 0 Å². The van der Waals surface area contributed by atoms with Crippen LogP contribution in [0.25, 0.3) is 0 Å². The van der Waals surface area contributed by atoms with Crippen LogP contribution in [0.2, 0.25) is 0 Å². The Bertz CT molecular complexity index is 941. The molecule has 0 fully saturated rings. The van der Waals surface area contributed by atoms with Crippen molar-refractivity contribution in [1.82, 2.24) is 10.6 Å². The Morgan fingerprint density at radius 2 is 1.50 bits per heavy atom. The number of nitrogens with one attached hydrogen (secondary N) is 2. The number of hydrogen-bond donors (Lipinski definition) is 2. The van der Waals surface area contributed by atoms with Gasteiger partial charge in [-0.3, -0.25) is 9.59 Å². The van der Waals surface area contributed by atoms with Crippen molar-refractivity contribution in [2.24, 2.45) is 0 Å². The molecule has 0 aliphatic rings. The Kier molecular flexibility index (Phi) is 7.61. The van der Waals surface area contributed by atoms with Gasteiger partial charge in [-0.1, -0.05) is 66.2 Å². The number of benzene rings is 3. The summed E-state index contributed by atoms with van der Waals surface area (Å²) in [6.07, 6.45) is 0.407. The molecule has 0 unspecified atom stereocenters. The lowest BCUT2D eigenvalue weighted by atomic mass is 10.0. The SMILES string of the molecule is Cc1ccc(OCCNC(=O)[C@H](Cc2ccccc2)NC(=O)c2ccccc2)cc1. The summed E-state index contributed by atoms with van der Waals surface area (Å²) in [5.74, 6) is 0.242. The van der Waals surface area contributed by atoms with Gasteiger partial charge in [0, 0.05) is 12.0 Å². The maximum atomic E-state index is 12.8. The summed E-state index contributed by atoms with van der Waals surface area (Å²) in [5, 5.41) is 5.72.